The molecule has 2 saturated carbocycles. The smallest absolute Gasteiger partial charge is 0.123 e. The number of aromatic hydroxyl groups is 1. The number of rotatable bonds is 0. The van der Waals surface area contributed by atoms with Gasteiger partial charge in [-0.05, 0) is 80.5 Å². The minimum atomic E-state index is -0.126. The van der Waals surface area contributed by atoms with Crippen LogP contribution >= 0.6 is 0 Å². The van der Waals surface area contributed by atoms with Crippen LogP contribution in [-0.2, 0) is 6.42 Å². The Bertz CT molecular complexity index is 678. The first kappa shape index (κ1) is 15.1. The summed E-state index contributed by atoms with van der Waals surface area (Å²) >= 11 is 0. The molecule has 1 aliphatic heterocycles. The van der Waals surface area contributed by atoms with E-state index >= 15 is 0 Å². The van der Waals surface area contributed by atoms with Crippen LogP contribution in [0.1, 0.15) is 58.4 Å². The molecule has 4 rings (SSSR count). The lowest BCUT2D eigenvalue weighted by molar-refractivity contribution is -0.162. The monoisotopic (exact) mass is 312 g/mol. The summed E-state index contributed by atoms with van der Waals surface area (Å²) in [7, 11) is 0. The Kier molecular flexibility index (Phi) is 2.99. The second-order valence-electron chi connectivity index (χ2n) is 8.69. The summed E-state index contributed by atoms with van der Waals surface area (Å²) in [5, 5.41) is 9.89. The molecule has 0 amide bonds. The number of phenolic OH excluding ortho intramolecular Hbond substituents is 1. The average Bonchev–Trinajstić information content (AvgIpc) is 2.49. The Morgan fingerprint density at radius 3 is 2.78 bits per heavy atom. The van der Waals surface area contributed by atoms with E-state index in [2.05, 4.69) is 27.4 Å². The molecular weight excluding hydrogens is 284 g/mol. The summed E-state index contributed by atoms with van der Waals surface area (Å²) in [6.07, 6.45) is 6.93. The highest BCUT2D eigenvalue weighted by Crippen LogP contribution is 2.66. The normalized spacial score (nSPS) is 42.2. The summed E-state index contributed by atoms with van der Waals surface area (Å²) in [6.45, 7) is 11.6. The maximum Gasteiger partial charge on any atom is 0.123 e. The molecule has 124 valence electrons. The summed E-state index contributed by atoms with van der Waals surface area (Å²) in [5.41, 5.74) is 2.80. The largest absolute Gasteiger partial charge is 0.508 e. The van der Waals surface area contributed by atoms with Crippen molar-refractivity contribution in [3.05, 3.63) is 35.9 Å². The van der Waals surface area contributed by atoms with Gasteiger partial charge in [0.05, 0.1) is 0 Å². The van der Waals surface area contributed by atoms with Crippen molar-refractivity contribution in [3.63, 3.8) is 0 Å². The summed E-state index contributed by atoms with van der Waals surface area (Å²) in [6, 6.07) is 5.56. The van der Waals surface area contributed by atoms with Crippen LogP contribution in [0.2, 0.25) is 0 Å². The quantitative estimate of drug-likeness (QED) is 0.663. The highest BCUT2D eigenvalue weighted by molar-refractivity contribution is 5.44. The summed E-state index contributed by atoms with van der Waals surface area (Å²) in [5.74, 6) is 1.90. The third-order valence-electron chi connectivity index (χ3n) is 7.58. The fraction of sp³-hybridized carbons (Fsp3) is 0.619. The van der Waals surface area contributed by atoms with Gasteiger partial charge >= 0.3 is 0 Å². The lowest BCUT2D eigenvalue weighted by Gasteiger charge is -2.64. The van der Waals surface area contributed by atoms with Gasteiger partial charge in [0.15, 0.2) is 0 Å². The molecular formula is C21H28O2. The Balaban J connectivity index is 1.83. The van der Waals surface area contributed by atoms with E-state index in [0.717, 1.165) is 24.2 Å². The van der Waals surface area contributed by atoms with Crippen molar-refractivity contribution < 1.29 is 9.84 Å². The number of fused-ring (bicyclic) bond motifs is 4. The molecule has 3 aliphatic rings. The van der Waals surface area contributed by atoms with Crippen LogP contribution in [0.15, 0.2) is 30.4 Å². The molecule has 1 N–H and O–H groups in total. The molecule has 0 aromatic heterocycles. The molecule has 0 unspecified atom stereocenters. The van der Waals surface area contributed by atoms with Gasteiger partial charge in [-0.1, -0.05) is 26.0 Å². The van der Waals surface area contributed by atoms with Crippen molar-refractivity contribution >= 4 is 0 Å². The lowest BCUT2D eigenvalue weighted by Crippen LogP contribution is -2.63. The van der Waals surface area contributed by atoms with Gasteiger partial charge in [0.1, 0.15) is 17.1 Å². The van der Waals surface area contributed by atoms with Crippen LogP contribution in [0.4, 0.5) is 0 Å². The first-order chi connectivity index (χ1) is 10.8. The van der Waals surface area contributed by atoms with E-state index in [9.17, 15) is 5.11 Å². The molecule has 2 aliphatic carbocycles. The number of allylic oxidation sites excluding steroid dienone is 1. The third kappa shape index (κ3) is 1.87. The van der Waals surface area contributed by atoms with Crippen molar-refractivity contribution in [3.8, 4) is 11.5 Å². The zero-order valence-corrected chi connectivity index (χ0v) is 14.6. The van der Waals surface area contributed by atoms with Gasteiger partial charge in [-0.2, -0.15) is 0 Å². The second kappa shape index (κ2) is 4.55. The van der Waals surface area contributed by atoms with Gasteiger partial charge < -0.3 is 9.84 Å². The van der Waals surface area contributed by atoms with Crippen molar-refractivity contribution in [1.82, 2.24) is 0 Å². The summed E-state index contributed by atoms with van der Waals surface area (Å²) in [4.78, 5) is 0. The summed E-state index contributed by atoms with van der Waals surface area (Å²) < 4.78 is 6.57. The van der Waals surface area contributed by atoms with Crippen LogP contribution in [0, 0.1) is 16.7 Å². The third-order valence-corrected chi connectivity index (χ3v) is 7.58. The average molecular weight is 312 g/mol. The molecule has 4 atom stereocenters. The van der Waals surface area contributed by atoms with E-state index in [1.807, 2.05) is 12.1 Å². The topological polar surface area (TPSA) is 29.5 Å². The fourth-order valence-corrected chi connectivity index (χ4v) is 5.81. The Labute approximate surface area is 139 Å². The first-order valence-corrected chi connectivity index (χ1v) is 8.98. The molecule has 0 saturated heterocycles. The molecule has 2 fully saturated rings. The highest BCUT2D eigenvalue weighted by Gasteiger charge is 2.63. The van der Waals surface area contributed by atoms with E-state index < -0.39 is 0 Å². The van der Waals surface area contributed by atoms with Crippen LogP contribution < -0.4 is 4.74 Å². The standard InChI is InChI=1S/C21H28O2/c1-14-6-5-7-18-19(14,2)10-11-21(4)20(18,3)13-15-12-16(22)8-9-17(15)23-21/h8-9,12,18,22H,1,5-7,10-11,13H2,2-4H3/t18-,19-,20+,21-/m1/s1. The molecule has 1 aromatic rings. The molecule has 2 nitrogen and oxygen atoms in total. The molecule has 0 radical (unpaired) electrons. The van der Waals surface area contributed by atoms with Gasteiger partial charge in [-0.15, -0.1) is 0 Å². The number of hydrogen-bond acceptors (Lipinski definition) is 2. The Morgan fingerprint density at radius 2 is 2.00 bits per heavy atom. The maximum atomic E-state index is 9.89. The van der Waals surface area contributed by atoms with E-state index in [0.29, 0.717) is 11.7 Å². The number of hydrogen-bond donors (Lipinski definition) is 1. The lowest BCUT2D eigenvalue weighted by atomic mass is 9.44. The van der Waals surface area contributed by atoms with Crippen LogP contribution in [0.3, 0.4) is 0 Å². The molecule has 0 bridgehead atoms. The maximum absolute atomic E-state index is 9.89. The molecule has 1 heterocycles. The Hall–Kier alpha value is -1.44. The van der Waals surface area contributed by atoms with Gasteiger partial charge in [0.25, 0.3) is 0 Å². The van der Waals surface area contributed by atoms with Gasteiger partial charge in [-0.3, -0.25) is 0 Å². The highest BCUT2D eigenvalue weighted by atomic mass is 16.5. The molecule has 23 heavy (non-hydrogen) atoms. The van der Waals surface area contributed by atoms with Gasteiger partial charge in [-0.25, -0.2) is 0 Å². The molecule has 0 spiro atoms. The predicted molar refractivity (Wildman–Crippen MR) is 92.8 cm³/mol. The van der Waals surface area contributed by atoms with Crippen molar-refractivity contribution in [2.75, 3.05) is 0 Å². The van der Waals surface area contributed by atoms with Gasteiger partial charge in [0.2, 0.25) is 0 Å². The van der Waals surface area contributed by atoms with Crippen LogP contribution in [-0.4, -0.2) is 10.7 Å². The predicted octanol–water partition coefficient (Wildman–Crippen LogP) is 5.25. The van der Waals surface area contributed by atoms with E-state index in [-0.39, 0.29) is 16.4 Å². The SMILES string of the molecule is C=C1CCC[C@H]2[C@]3(C)Cc4cc(O)ccc4O[C@]3(C)CC[C@]12C. The second-order valence-corrected chi connectivity index (χ2v) is 8.69. The van der Waals surface area contributed by atoms with E-state index in [1.165, 1.54) is 31.3 Å². The Morgan fingerprint density at radius 1 is 1.22 bits per heavy atom. The fourth-order valence-electron chi connectivity index (χ4n) is 5.81. The zero-order valence-electron chi connectivity index (χ0n) is 14.6. The minimum absolute atomic E-state index is 0.0875. The number of phenols is 1. The van der Waals surface area contributed by atoms with E-state index in [1.54, 1.807) is 6.07 Å². The van der Waals surface area contributed by atoms with Crippen molar-refractivity contribution in [1.29, 1.82) is 0 Å². The minimum Gasteiger partial charge on any atom is -0.508 e. The van der Waals surface area contributed by atoms with Crippen LogP contribution in [0.25, 0.3) is 0 Å². The van der Waals surface area contributed by atoms with E-state index in [4.69, 9.17) is 4.74 Å². The number of ether oxygens (including phenoxy) is 1. The van der Waals surface area contributed by atoms with Gasteiger partial charge in [0, 0.05) is 5.41 Å². The van der Waals surface area contributed by atoms with Crippen molar-refractivity contribution in [2.45, 2.75) is 64.9 Å². The molecule has 1 aromatic carbocycles. The number of benzene rings is 1. The van der Waals surface area contributed by atoms with Crippen LogP contribution in [0.5, 0.6) is 11.5 Å². The van der Waals surface area contributed by atoms with Crippen molar-refractivity contribution in [2.24, 2.45) is 16.7 Å². The zero-order chi connectivity index (χ0) is 16.5. The first-order valence-electron chi connectivity index (χ1n) is 8.98. The molecule has 2 heteroatoms.